The highest BCUT2D eigenvalue weighted by molar-refractivity contribution is 9.10. The van der Waals surface area contributed by atoms with Crippen molar-refractivity contribution in [1.82, 2.24) is 0 Å². The summed E-state index contributed by atoms with van der Waals surface area (Å²) in [7, 11) is 0. The van der Waals surface area contributed by atoms with Gasteiger partial charge in [0.15, 0.2) is 0 Å². The van der Waals surface area contributed by atoms with Crippen LogP contribution >= 0.6 is 15.9 Å². The highest BCUT2D eigenvalue weighted by Crippen LogP contribution is 2.51. The van der Waals surface area contributed by atoms with E-state index in [0.717, 1.165) is 4.47 Å². The standard InChI is InChI=1S/C31H23Br/c1-22-27(23-14-6-2-7-15-23)28(24-16-8-3-9-17-24)29(25-18-10-4-11-19-25)30(31(22)32)26-20-12-5-13-21-26/h2-21H,1H3. The van der Waals surface area contributed by atoms with Crippen molar-refractivity contribution in [3.63, 3.8) is 0 Å². The second kappa shape index (κ2) is 8.98. The molecule has 0 spiro atoms. The van der Waals surface area contributed by atoms with Gasteiger partial charge in [-0.3, -0.25) is 0 Å². The summed E-state index contributed by atoms with van der Waals surface area (Å²) in [5.74, 6) is 0. The van der Waals surface area contributed by atoms with E-state index in [2.05, 4.69) is 144 Å². The fourth-order valence-corrected chi connectivity index (χ4v) is 5.10. The minimum absolute atomic E-state index is 1.14. The van der Waals surface area contributed by atoms with Crippen LogP contribution in [-0.2, 0) is 0 Å². The zero-order chi connectivity index (χ0) is 21.9. The molecule has 0 N–H and O–H groups in total. The van der Waals surface area contributed by atoms with Crippen LogP contribution in [0.4, 0.5) is 0 Å². The van der Waals surface area contributed by atoms with Crippen LogP contribution in [-0.4, -0.2) is 0 Å². The molecule has 1 heteroatoms. The third-order valence-corrected chi connectivity index (χ3v) is 6.91. The molecular weight excluding hydrogens is 452 g/mol. The van der Waals surface area contributed by atoms with Gasteiger partial charge < -0.3 is 0 Å². The molecule has 0 radical (unpaired) electrons. The van der Waals surface area contributed by atoms with Gasteiger partial charge in [-0.15, -0.1) is 0 Å². The lowest BCUT2D eigenvalue weighted by molar-refractivity contribution is 1.41. The van der Waals surface area contributed by atoms with E-state index >= 15 is 0 Å². The van der Waals surface area contributed by atoms with E-state index in [1.165, 1.54) is 50.1 Å². The molecule has 0 amide bonds. The van der Waals surface area contributed by atoms with Crippen LogP contribution in [0.5, 0.6) is 0 Å². The summed E-state index contributed by atoms with van der Waals surface area (Å²) in [6.45, 7) is 2.22. The Hall–Kier alpha value is -3.42. The first-order chi connectivity index (χ1) is 15.8. The van der Waals surface area contributed by atoms with Crippen LogP contribution in [0.3, 0.4) is 0 Å². The van der Waals surface area contributed by atoms with Crippen molar-refractivity contribution in [3.8, 4) is 44.5 Å². The average molecular weight is 475 g/mol. The maximum Gasteiger partial charge on any atom is 0.0295 e. The number of hydrogen-bond acceptors (Lipinski definition) is 0. The fourth-order valence-electron chi connectivity index (χ4n) is 4.47. The summed E-state index contributed by atoms with van der Waals surface area (Å²) in [6, 6.07) is 42.9. The molecular formula is C31H23Br. The minimum Gasteiger partial charge on any atom is -0.0622 e. The molecule has 154 valence electrons. The van der Waals surface area contributed by atoms with E-state index in [1.807, 2.05) is 0 Å². The van der Waals surface area contributed by atoms with Gasteiger partial charge in [-0.25, -0.2) is 0 Å². The monoisotopic (exact) mass is 474 g/mol. The van der Waals surface area contributed by atoms with E-state index in [0.29, 0.717) is 0 Å². The molecule has 0 unspecified atom stereocenters. The first-order valence-corrected chi connectivity index (χ1v) is 11.6. The quantitative estimate of drug-likeness (QED) is 0.243. The molecule has 5 aromatic rings. The van der Waals surface area contributed by atoms with Crippen molar-refractivity contribution in [3.05, 3.63) is 131 Å². The molecule has 32 heavy (non-hydrogen) atoms. The molecule has 0 fully saturated rings. The normalized spacial score (nSPS) is 10.8. The van der Waals surface area contributed by atoms with Crippen LogP contribution in [0.15, 0.2) is 126 Å². The molecule has 0 heterocycles. The van der Waals surface area contributed by atoms with Crippen LogP contribution in [0.1, 0.15) is 5.56 Å². The molecule has 5 rings (SSSR count). The molecule has 0 atom stereocenters. The summed E-state index contributed by atoms with van der Waals surface area (Å²) >= 11 is 4.02. The number of benzene rings is 5. The SMILES string of the molecule is Cc1c(Br)c(-c2ccccc2)c(-c2ccccc2)c(-c2ccccc2)c1-c1ccccc1. The average Bonchev–Trinajstić information content (AvgIpc) is 2.87. The second-order valence-electron chi connectivity index (χ2n) is 7.90. The highest BCUT2D eigenvalue weighted by Gasteiger charge is 2.24. The van der Waals surface area contributed by atoms with Gasteiger partial charge in [-0.05, 0) is 67.4 Å². The highest BCUT2D eigenvalue weighted by atomic mass is 79.9. The van der Waals surface area contributed by atoms with Gasteiger partial charge in [0.05, 0.1) is 0 Å². The predicted molar refractivity (Wildman–Crippen MR) is 141 cm³/mol. The topological polar surface area (TPSA) is 0 Å². The summed E-state index contributed by atoms with van der Waals surface area (Å²) in [6.07, 6.45) is 0. The molecule has 0 nitrogen and oxygen atoms in total. The van der Waals surface area contributed by atoms with Crippen LogP contribution < -0.4 is 0 Å². The molecule has 0 saturated carbocycles. The van der Waals surface area contributed by atoms with E-state index in [1.54, 1.807) is 0 Å². The first-order valence-electron chi connectivity index (χ1n) is 10.8. The number of halogens is 1. The number of rotatable bonds is 4. The van der Waals surface area contributed by atoms with Crippen molar-refractivity contribution in [2.75, 3.05) is 0 Å². The van der Waals surface area contributed by atoms with Gasteiger partial charge in [-0.1, -0.05) is 121 Å². The minimum atomic E-state index is 1.14. The van der Waals surface area contributed by atoms with Crippen LogP contribution in [0.25, 0.3) is 44.5 Å². The Morgan fingerprint density at radius 1 is 0.375 bits per heavy atom. The first kappa shape index (κ1) is 20.5. The van der Waals surface area contributed by atoms with Crippen molar-refractivity contribution in [2.24, 2.45) is 0 Å². The lowest BCUT2D eigenvalue weighted by Gasteiger charge is -2.25. The van der Waals surface area contributed by atoms with Crippen LogP contribution in [0, 0.1) is 6.92 Å². The summed E-state index contributed by atoms with van der Waals surface area (Å²) in [4.78, 5) is 0. The third kappa shape index (κ3) is 3.70. The van der Waals surface area contributed by atoms with E-state index in [-0.39, 0.29) is 0 Å². The lowest BCUT2D eigenvalue weighted by atomic mass is 9.80. The summed E-state index contributed by atoms with van der Waals surface area (Å²) < 4.78 is 1.14. The predicted octanol–water partition coefficient (Wildman–Crippen LogP) is 9.43. The third-order valence-electron chi connectivity index (χ3n) is 5.92. The van der Waals surface area contributed by atoms with Gasteiger partial charge in [0, 0.05) is 10.0 Å². The smallest absolute Gasteiger partial charge is 0.0295 e. The Morgan fingerprint density at radius 2 is 0.656 bits per heavy atom. The van der Waals surface area contributed by atoms with Gasteiger partial charge in [0.1, 0.15) is 0 Å². The Balaban J connectivity index is 2.00. The lowest BCUT2D eigenvalue weighted by Crippen LogP contribution is -1.99. The van der Waals surface area contributed by atoms with E-state index in [9.17, 15) is 0 Å². The van der Waals surface area contributed by atoms with Crippen LogP contribution in [0.2, 0.25) is 0 Å². The van der Waals surface area contributed by atoms with E-state index in [4.69, 9.17) is 0 Å². The molecule has 0 aliphatic heterocycles. The largest absolute Gasteiger partial charge is 0.0622 e. The molecule has 0 aliphatic rings. The maximum atomic E-state index is 4.02. The Kier molecular flexibility index (Phi) is 5.75. The zero-order valence-corrected chi connectivity index (χ0v) is 19.5. The number of hydrogen-bond donors (Lipinski definition) is 0. The van der Waals surface area contributed by atoms with Gasteiger partial charge in [0.25, 0.3) is 0 Å². The van der Waals surface area contributed by atoms with Crippen molar-refractivity contribution in [1.29, 1.82) is 0 Å². The second-order valence-corrected chi connectivity index (χ2v) is 8.70. The zero-order valence-electron chi connectivity index (χ0n) is 17.9. The van der Waals surface area contributed by atoms with Crippen molar-refractivity contribution < 1.29 is 0 Å². The molecule has 0 saturated heterocycles. The molecule has 0 aromatic heterocycles. The van der Waals surface area contributed by atoms with Gasteiger partial charge >= 0.3 is 0 Å². The van der Waals surface area contributed by atoms with Gasteiger partial charge in [-0.2, -0.15) is 0 Å². The Labute approximate surface area is 198 Å². The van der Waals surface area contributed by atoms with E-state index < -0.39 is 0 Å². The summed E-state index contributed by atoms with van der Waals surface area (Å²) in [5, 5.41) is 0. The Bertz CT molecular complexity index is 1230. The van der Waals surface area contributed by atoms with Crippen molar-refractivity contribution in [2.45, 2.75) is 6.92 Å². The molecule has 5 aromatic carbocycles. The molecule has 0 aliphatic carbocycles. The summed E-state index contributed by atoms with van der Waals surface area (Å²) in [5.41, 5.74) is 11.1. The maximum absolute atomic E-state index is 4.02. The fraction of sp³-hybridized carbons (Fsp3) is 0.0323. The van der Waals surface area contributed by atoms with Crippen molar-refractivity contribution >= 4 is 15.9 Å². The van der Waals surface area contributed by atoms with Gasteiger partial charge in [0.2, 0.25) is 0 Å². The Morgan fingerprint density at radius 3 is 1.03 bits per heavy atom. The molecule has 0 bridgehead atoms.